The Labute approximate surface area is 91.7 Å². The monoisotopic (exact) mass is 210 g/mol. The summed E-state index contributed by atoms with van der Waals surface area (Å²) in [6.07, 6.45) is 0. The van der Waals surface area contributed by atoms with Crippen LogP contribution in [0.5, 0.6) is 0 Å². The van der Waals surface area contributed by atoms with Crippen LogP contribution in [0, 0.1) is 0 Å². The number of aromatic nitrogens is 2. The Hall–Kier alpha value is -2.29. The van der Waals surface area contributed by atoms with E-state index in [9.17, 15) is 4.79 Å². The molecule has 3 aromatic rings. The molecule has 2 aromatic carbocycles. The summed E-state index contributed by atoms with van der Waals surface area (Å²) in [4.78, 5) is 11.5. The van der Waals surface area contributed by atoms with Gasteiger partial charge in [-0.15, -0.1) is 0 Å². The predicted octanol–water partition coefficient (Wildman–Crippen LogP) is 2.52. The maximum absolute atomic E-state index is 11.5. The van der Waals surface area contributed by atoms with E-state index in [2.05, 4.69) is 10.2 Å². The third-order valence-corrected chi connectivity index (χ3v) is 2.68. The van der Waals surface area contributed by atoms with Gasteiger partial charge in [-0.3, -0.25) is 15.0 Å². The molecule has 78 valence electrons. The maximum Gasteiger partial charge on any atom is 0.271 e. The first-order valence-electron chi connectivity index (χ1n) is 5.10. The van der Waals surface area contributed by atoms with E-state index in [4.69, 9.17) is 0 Å². The lowest BCUT2D eigenvalue weighted by atomic mass is 10.0. The van der Waals surface area contributed by atoms with Crippen LogP contribution >= 0.6 is 0 Å². The molecule has 0 aliphatic rings. The second-order valence-corrected chi connectivity index (χ2v) is 3.71. The fourth-order valence-corrected chi connectivity index (χ4v) is 1.84. The Balaban J connectivity index is 2.26. The van der Waals surface area contributed by atoms with Gasteiger partial charge in [-0.25, -0.2) is 0 Å². The second-order valence-electron chi connectivity index (χ2n) is 3.71. The molecule has 3 nitrogen and oxygen atoms in total. The van der Waals surface area contributed by atoms with Gasteiger partial charge in [-0.05, 0) is 23.3 Å². The molecule has 16 heavy (non-hydrogen) atoms. The highest BCUT2D eigenvalue weighted by molar-refractivity contribution is 5.83. The van der Waals surface area contributed by atoms with E-state index in [0.717, 1.165) is 16.6 Å². The third-order valence-electron chi connectivity index (χ3n) is 2.68. The van der Waals surface area contributed by atoms with Crippen LogP contribution in [0.1, 0.15) is 0 Å². The van der Waals surface area contributed by atoms with Gasteiger partial charge in [0.05, 0.1) is 10.9 Å². The lowest BCUT2D eigenvalue weighted by molar-refractivity contribution is 1.08. The zero-order chi connectivity index (χ0) is 11.0. The van der Waals surface area contributed by atoms with Gasteiger partial charge in [-0.2, -0.15) is 0 Å². The summed E-state index contributed by atoms with van der Waals surface area (Å²) in [6, 6.07) is 15.8. The smallest absolute Gasteiger partial charge is 0.271 e. The van der Waals surface area contributed by atoms with Crippen LogP contribution < -0.4 is 5.56 Å². The molecular weight excluding hydrogens is 200 g/mol. The van der Waals surface area contributed by atoms with E-state index in [0.29, 0.717) is 5.39 Å². The minimum atomic E-state index is -0.0761. The second kappa shape index (κ2) is 3.38. The first kappa shape index (κ1) is 8.97. The van der Waals surface area contributed by atoms with Crippen LogP contribution in [0.15, 0.2) is 53.3 Å². The van der Waals surface area contributed by atoms with Crippen molar-refractivity contribution in [1.29, 1.82) is 0 Å². The first-order valence-corrected chi connectivity index (χ1v) is 5.10. The number of aromatic amines is 2. The fraction of sp³-hybridized carbons (Fsp3) is 0. The van der Waals surface area contributed by atoms with Crippen molar-refractivity contribution in [2.24, 2.45) is 0 Å². The topological polar surface area (TPSA) is 48.6 Å². The average molecular weight is 210 g/mol. The van der Waals surface area contributed by atoms with Crippen LogP contribution in [0.4, 0.5) is 0 Å². The van der Waals surface area contributed by atoms with E-state index in [-0.39, 0.29) is 5.56 Å². The molecule has 0 aliphatic heterocycles. The Morgan fingerprint density at radius 2 is 1.62 bits per heavy atom. The summed E-state index contributed by atoms with van der Waals surface area (Å²) in [7, 11) is 0. The molecule has 0 aliphatic carbocycles. The van der Waals surface area contributed by atoms with Crippen molar-refractivity contribution in [2.45, 2.75) is 0 Å². The van der Waals surface area contributed by atoms with Crippen LogP contribution in [0.3, 0.4) is 0 Å². The van der Waals surface area contributed by atoms with Gasteiger partial charge >= 0.3 is 0 Å². The van der Waals surface area contributed by atoms with Crippen LogP contribution in [-0.2, 0) is 0 Å². The molecule has 0 saturated heterocycles. The summed E-state index contributed by atoms with van der Waals surface area (Å²) in [5, 5.41) is 6.10. The van der Waals surface area contributed by atoms with Crippen molar-refractivity contribution in [3.8, 4) is 11.1 Å². The number of hydrogen-bond donors (Lipinski definition) is 2. The Morgan fingerprint density at radius 1 is 0.812 bits per heavy atom. The van der Waals surface area contributed by atoms with Gasteiger partial charge in [0, 0.05) is 0 Å². The third kappa shape index (κ3) is 1.34. The molecule has 0 unspecified atom stereocenters. The maximum atomic E-state index is 11.5. The summed E-state index contributed by atoms with van der Waals surface area (Å²) >= 11 is 0. The summed E-state index contributed by atoms with van der Waals surface area (Å²) < 4.78 is 0. The molecule has 1 aromatic heterocycles. The molecule has 0 saturated carbocycles. The molecule has 0 atom stereocenters. The molecule has 1 heterocycles. The number of hydrogen-bond acceptors (Lipinski definition) is 1. The first-order chi connectivity index (χ1) is 7.84. The van der Waals surface area contributed by atoms with Gasteiger partial charge < -0.3 is 0 Å². The molecular formula is C13H10N2O. The molecule has 0 radical (unpaired) electrons. The highest BCUT2D eigenvalue weighted by Crippen LogP contribution is 2.21. The van der Waals surface area contributed by atoms with Crippen LogP contribution in [-0.4, -0.2) is 10.2 Å². The van der Waals surface area contributed by atoms with E-state index in [1.54, 1.807) is 0 Å². The lowest BCUT2D eigenvalue weighted by Gasteiger charge is -2.00. The largest absolute Gasteiger partial charge is 0.298 e. The number of fused-ring (bicyclic) bond motifs is 1. The Kier molecular flexibility index (Phi) is 1.90. The van der Waals surface area contributed by atoms with E-state index in [1.165, 1.54) is 0 Å². The van der Waals surface area contributed by atoms with E-state index in [1.807, 2.05) is 48.5 Å². The van der Waals surface area contributed by atoms with Crippen LogP contribution in [0.2, 0.25) is 0 Å². The van der Waals surface area contributed by atoms with Gasteiger partial charge in [0.25, 0.3) is 5.56 Å². The fourth-order valence-electron chi connectivity index (χ4n) is 1.84. The minimum absolute atomic E-state index is 0.0761. The molecule has 3 rings (SSSR count). The molecule has 2 N–H and O–H groups in total. The number of benzene rings is 2. The lowest BCUT2D eigenvalue weighted by Crippen LogP contribution is -1.97. The van der Waals surface area contributed by atoms with E-state index >= 15 is 0 Å². The normalized spacial score (nSPS) is 10.8. The van der Waals surface area contributed by atoms with Gasteiger partial charge in [0.2, 0.25) is 0 Å². The SMILES string of the molecule is O=c1[nH][nH]c2ccc(-c3ccccc3)cc12. The van der Waals surface area contributed by atoms with Gasteiger partial charge in [0.1, 0.15) is 0 Å². The molecule has 0 spiro atoms. The molecule has 0 fully saturated rings. The highest BCUT2D eigenvalue weighted by atomic mass is 16.1. The Bertz CT molecular complexity index is 680. The molecule has 0 bridgehead atoms. The Morgan fingerprint density at radius 3 is 2.44 bits per heavy atom. The van der Waals surface area contributed by atoms with E-state index < -0.39 is 0 Å². The van der Waals surface area contributed by atoms with Crippen molar-refractivity contribution >= 4 is 10.9 Å². The van der Waals surface area contributed by atoms with Crippen molar-refractivity contribution in [1.82, 2.24) is 10.2 Å². The minimum Gasteiger partial charge on any atom is -0.298 e. The standard InChI is InChI=1S/C13H10N2O/c16-13-11-8-10(6-7-12(11)14-15-13)9-4-2-1-3-5-9/h1-8H,(H2,14,15,16). The number of H-pyrrole nitrogens is 2. The zero-order valence-corrected chi connectivity index (χ0v) is 8.53. The zero-order valence-electron chi connectivity index (χ0n) is 8.53. The van der Waals surface area contributed by atoms with Gasteiger partial charge in [-0.1, -0.05) is 36.4 Å². The van der Waals surface area contributed by atoms with Crippen molar-refractivity contribution in [3.05, 3.63) is 58.9 Å². The van der Waals surface area contributed by atoms with Crippen molar-refractivity contribution in [3.63, 3.8) is 0 Å². The molecule has 3 heteroatoms. The average Bonchev–Trinajstić information content (AvgIpc) is 2.72. The number of nitrogens with one attached hydrogen (secondary N) is 2. The highest BCUT2D eigenvalue weighted by Gasteiger charge is 2.02. The quantitative estimate of drug-likeness (QED) is 0.637. The summed E-state index contributed by atoms with van der Waals surface area (Å²) in [5.74, 6) is 0. The van der Waals surface area contributed by atoms with Gasteiger partial charge in [0.15, 0.2) is 0 Å². The van der Waals surface area contributed by atoms with Crippen molar-refractivity contribution in [2.75, 3.05) is 0 Å². The summed E-state index contributed by atoms with van der Waals surface area (Å²) in [6.45, 7) is 0. The van der Waals surface area contributed by atoms with Crippen LogP contribution in [0.25, 0.3) is 22.0 Å². The number of rotatable bonds is 1. The predicted molar refractivity (Wildman–Crippen MR) is 64.4 cm³/mol. The van der Waals surface area contributed by atoms with Crippen molar-refractivity contribution < 1.29 is 0 Å². The molecule has 0 amide bonds. The summed E-state index contributed by atoms with van der Waals surface area (Å²) in [5.41, 5.74) is 2.93.